The molecule has 0 saturated carbocycles. The van der Waals surface area contributed by atoms with E-state index < -0.39 is 29.7 Å². The molecule has 0 heterocycles. The zero-order valence-electron chi connectivity index (χ0n) is 6.40. The lowest BCUT2D eigenvalue weighted by molar-refractivity contribution is -0.136. The topological polar surface area (TPSA) is 91.7 Å². The van der Waals surface area contributed by atoms with Gasteiger partial charge in [0.2, 0.25) is 0 Å². The molecule has 0 saturated heterocycles. The third kappa shape index (κ3) is 3.50. The first-order valence-corrected chi connectivity index (χ1v) is 3.11. The number of aliphatic carboxylic acids is 2. The monoisotopic (exact) mass is 172 g/mol. The lowest BCUT2D eigenvalue weighted by Crippen LogP contribution is -2.09. The molecule has 0 amide bonds. The minimum absolute atomic E-state index is 0.457. The highest BCUT2D eigenvalue weighted by atomic mass is 16.4. The Morgan fingerprint density at radius 2 is 1.75 bits per heavy atom. The van der Waals surface area contributed by atoms with Gasteiger partial charge in [-0.15, -0.1) is 0 Å². The normalized spacial score (nSPS) is 10.9. The molecule has 0 unspecified atom stereocenters. The molecule has 0 aliphatic heterocycles. The van der Waals surface area contributed by atoms with E-state index in [2.05, 4.69) is 0 Å². The van der Waals surface area contributed by atoms with Gasteiger partial charge in [0.15, 0.2) is 5.78 Å². The Hall–Kier alpha value is -1.65. The summed E-state index contributed by atoms with van der Waals surface area (Å²) < 4.78 is 0. The molecular formula is C7H8O5. The average Bonchev–Trinajstić information content (AvgIpc) is 1.84. The maximum Gasteiger partial charge on any atom is 0.338 e. The molecule has 2 N–H and O–H groups in total. The first kappa shape index (κ1) is 10.3. The molecule has 0 spiro atoms. The third-order valence-corrected chi connectivity index (χ3v) is 1.09. The second-order valence-corrected chi connectivity index (χ2v) is 2.08. The molecule has 0 aromatic rings. The number of ketones is 1. The Bertz CT molecular complexity index is 235. The lowest BCUT2D eigenvalue weighted by Gasteiger charge is -1.93. The van der Waals surface area contributed by atoms with E-state index in [0.717, 1.165) is 13.0 Å². The van der Waals surface area contributed by atoms with E-state index in [1.54, 1.807) is 0 Å². The van der Waals surface area contributed by atoms with Crippen LogP contribution in [0.2, 0.25) is 0 Å². The first-order valence-electron chi connectivity index (χ1n) is 3.11. The number of Topliss-reactive ketones (excluding diaryl/α,β-unsaturated/α-hetero) is 1. The number of carbonyl (C=O) groups is 3. The fraction of sp³-hybridized carbons (Fsp3) is 0.286. The number of carboxylic acids is 2. The molecule has 0 aliphatic carbocycles. The fourth-order valence-corrected chi connectivity index (χ4v) is 0.571. The molecule has 0 radical (unpaired) electrons. The van der Waals surface area contributed by atoms with Crippen LogP contribution in [0.25, 0.3) is 0 Å². The molecular weight excluding hydrogens is 164 g/mol. The standard InChI is InChI=1S/C7H8O5/c1-4(8)5(7(11)12)2-3-6(9)10/h2H,3H2,1H3,(H,9,10)(H,11,12). The van der Waals surface area contributed by atoms with Crippen LogP contribution >= 0.6 is 0 Å². The van der Waals surface area contributed by atoms with Crippen LogP contribution in [-0.2, 0) is 14.4 Å². The van der Waals surface area contributed by atoms with Gasteiger partial charge in [-0.3, -0.25) is 9.59 Å². The summed E-state index contributed by atoms with van der Waals surface area (Å²) in [4.78, 5) is 30.8. The summed E-state index contributed by atoms with van der Waals surface area (Å²) in [7, 11) is 0. The van der Waals surface area contributed by atoms with Crippen LogP contribution in [0.15, 0.2) is 11.6 Å². The van der Waals surface area contributed by atoms with Crippen LogP contribution in [0.3, 0.4) is 0 Å². The van der Waals surface area contributed by atoms with Gasteiger partial charge in [-0.1, -0.05) is 6.08 Å². The summed E-state index contributed by atoms with van der Waals surface area (Å²) in [5.74, 6) is -3.22. The quantitative estimate of drug-likeness (QED) is 0.355. The van der Waals surface area contributed by atoms with Crippen molar-refractivity contribution in [1.82, 2.24) is 0 Å². The van der Waals surface area contributed by atoms with Gasteiger partial charge < -0.3 is 10.2 Å². The van der Waals surface area contributed by atoms with Crippen molar-refractivity contribution in [3.8, 4) is 0 Å². The Labute approximate surface area is 68.3 Å². The van der Waals surface area contributed by atoms with E-state index in [0.29, 0.717) is 0 Å². The van der Waals surface area contributed by atoms with Crippen molar-refractivity contribution in [1.29, 1.82) is 0 Å². The minimum Gasteiger partial charge on any atom is -0.481 e. The zero-order chi connectivity index (χ0) is 9.72. The predicted molar refractivity (Wildman–Crippen MR) is 38.7 cm³/mol. The van der Waals surface area contributed by atoms with E-state index in [-0.39, 0.29) is 0 Å². The molecule has 0 aliphatic rings. The second-order valence-electron chi connectivity index (χ2n) is 2.08. The molecule has 0 aromatic heterocycles. The lowest BCUT2D eigenvalue weighted by atomic mass is 10.1. The SMILES string of the molecule is CC(=O)C(=CCC(=O)O)C(=O)O. The van der Waals surface area contributed by atoms with Crippen molar-refractivity contribution in [2.24, 2.45) is 0 Å². The van der Waals surface area contributed by atoms with Gasteiger partial charge in [-0.25, -0.2) is 4.79 Å². The van der Waals surface area contributed by atoms with Crippen molar-refractivity contribution >= 4 is 17.7 Å². The summed E-state index contributed by atoms with van der Waals surface area (Å²) >= 11 is 0. The number of rotatable bonds is 4. The van der Waals surface area contributed by atoms with E-state index in [4.69, 9.17) is 10.2 Å². The molecule has 0 atom stereocenters. The molecule has 5 heteroatoms. The highest BCUT2D eigenvalue weighted by Gasteiger charge is 2.12. The Kier molecular flexibility index (Phi) is 3.69. The summed E-state index contributed by atoms with van der Waals surface area (Å²) in [6, 6.07) is 0. The Morgan fingerprint density at radius 1 is 1.25 bits per heavy atom. The van der Waals surface area contributed by atoms with Crippen molar-refractivity contribution in [3.63, 3.8) is 0 Å². The summed E-state index contributed by atoms with van der Waals surface area (Å²) in [6.45, 7) is 1.07. The zero-order valence-corrected chi connectivity index (χ0v) is 6.40. The third-order valence-electron chi connectivity index (χ3n) is 1.09. The van der Waals surface area contributed by atoms with E-state index in [9.17, 15) is 14.4 Å². The number of hydrogen-bond acceptors (Lipinski definition) is 3. The number of carboxylic acid groups (broad SMARTS) is 2. The predicted octanol–water partition coefficient (Wildman–Crippen LogP) is 0.0611. The summed E-state index contributed by atoms with van der Waals surface area (Å²) in [5.41, 5.74) is -0.489. The van der Waals surface area contributed by atoms with Crippen LogP contribution in [0.1, 0.15) is 13.3 Å². The van der Waals surface area contributed by atoms with Gasteiger partial charge in [-0.05, 0) is 6.92 Å². The van der Waals surface area contributed by atoms with Crippen LogP contribution in [-0.4, -0.2) is 27.9 Å². The maximum absolute atomic E-state index is 10.6. The van der Waals surface area contributed by atoms with E-state index >= 15 is 0 Å². The van der Waals surface area contributed by atoms with Crippen LogP contribution in [0.5, 0.6) is 0 Å². The van der Waals surface area contributed by atoms with Crippen molar-refractivity contribution < 1.29 is 24.6 Å². The van der Waals surface area contributed by atoms with Gasteiger partial charge in [0.05, 0.1) is 12.0 Å². The first-order chi connectivity index (χ1) is 5.45. The minimum atomic E-state index is -1.40. The second kappa shape index (κ2) is 4.27. The molecule has 0 aromatic carbocycles. The van der Waals surface area contributed by atoms with Gasteiger partial charge in [-0.2, -0.15) is 0 Å². The molecule has 5 nitrogen and oxygen atoms in total. The van der Waals surface area contributed by atoms with Crippen LogP contribution < -0.4 is 0 Å². The maximum atomic E-state index is 10.6. The van der Waals surface area contributed by atoms with Crippen LogP contribution in [0.4, 0.5) is 0 Å². The van der Waals surface area contributed by atoms with Gasteiger partial charge in [0.1, 0.15) is 0 Å². The smallest absolute Gasteiger partial charge is 0.338 e. The van der Waals surface area contributed by atoms with Gasteiger partial charge >= 0.3 is 11.9 Å². The Morgan fingerprint density at radius 3 is 2.00 bits per heavy atom. The van der Waals surface area contributed by atoms with Crippen LogP contribution in [0, 0.1) is 0 Å². The largest absolute Gasteiger partial charge is 0.481 e. The molecule has 12 heavy (non-hydrogen) atoms. The van der Waals surface area contributed by atoms with Crippen molar-refractivity contribution in [2.75, 3.05) is 0 Å². The molecule has 0 fully saturated rings. The summed E-state index contributed by atoms with van der Waals surface area (Å²) in [6.07, 6.45) is 0.425. The highest BCUT2D eigenvalue weighted by Crippen LogP contribution is 1.98. The fourth-order valence-electron chi connectivity index (χ4n) is 0.571. The van der Waals surface area contributed by atoms with E-state index in [1.165, 1.54) is 0 Å². The molecule has 0 bridgehead atoms. The molecule has 66 valence electrons. The summed E-state index contributed by atoms with van der Waals surface area (Å²) in [5, 5.41) is 16.6. The van der Waals surface area contributed by atoms with E-state index in [1.807, 2.05) is 0 Å². The number of hydrogen-bond donors (Lipinski definition) is 2. The average molecular weight is 172 g/mol. The Balaban J connectivity index is 4.51. The molecule has 0 rings (SSSR count). The van der Waals surface area contributed by atoms with Gasteiger partial charge in [0, 0.05) is 0 Å². The van der Waals surface area contributed by atoms with Crippen molar-refractivity contribution in [2.45, 2.75) is 13.3 Å². The van der Waals surface area contributed by atoms with Gasteiger partial charge in [0.25, 0.3) is 0 Å². The highest BCUT2D eigenvalue weighted by molar-refractivity contribution is 6.15. The number of carbonyl (C=O) groups excluding carboxylic acids is 1. The van der Waals surface area contributed by atoms with Crippen molar-refractivity contribution in [3.05, 3.63) is 11.6 Å².